The van der Waals surface area contributed by atoms with Crippen LogP contribution in [0.1, 0.15) is 16.7 Å². The molecular weight excluding hydrogens is 408 g/mol. The Balaban J connectivity index is 0.00000256. The summed E-state index contributed by atoms with van der Waals surface area (Å²) >= 11 is 0. The summed E-state index contributed by atoms with van der Waals surface area (Å²) in [5, 5.41) is 13.1. The quantitative estimate of drug-likeness (QED) is 0.677. The number of aliphatic hydroxyl groups excluding tert-OH is 1. The molecule has 0 aromatic heterocycles. The van der Waals surface area contributed by atoms with Crippen molar-refractivity contribution in [1.82, 2.24) is 0 Å². The van der Waals surface area contributed by atoms with Gasteiger partial charge in [-0.1, -0.05) is 17.7 Å². The fraction of sp³-hybridized carbons (Fsp3) is 0.286. The number of carbonyl (C=O) groups excluding carboxylic acids is 2. The number of aryl methyl sites for hydroxylation is 1. The van der Waals surface area contributed by atoms with Crippen molar-refractivity contribution in [1.29, 1.82) is 0 Å². The highest BCUT2D eigenvalue weighted by Crippen LogP contribution is 2.23. The van der Waals surface area contributed by atoms with Gasteiger partial charge in [0.2, 0.25) is 0 Å². The van der Waals surface area contributed by atoms with Gasteiger partial charge in [0.05, 0.1) is 13.2 Å². The maximum Gasteiger partial charge on any atom is 0.259 e. The van der Waals surface area contributed by atoms with Crippen molar-refractivity contribution in [2.24, 2.45) is 10.7 Å². The van der Waals surface area contributed by atoms with Crippen LogP contribution in [-0.2, 0) is 20.9 Å². The van der Waals surface area contributed by atoms with Gasteiger partial charge in [0.15, 0.2) is 12.2 Å². The molecule has 2 aliphatic heterocycles. The SMILES string of the molecule is Cc1ccc(N2CCO[C@H]([C@@H](O)C(=O)Nc3ccc4c(c3)CN=C4N)C2=O)cc1.Cl. The molecule has 2 heterocycles. The van der Waals surface area contributed by atoms with E-state index in [1.54, 1.807) is 18.2 Å². The van der Waals surface area contributed by atoms with Crippen LogP contribution >= 0.6 is 12.4 Å². The molecule has 2 aromatic carbocycles. The number of benzene rings is 2. The number of amidine groups is 1. The van der Waals surface area contributed by atoms with Crippen molar-refractivity contribution in [3.05, 3.63) is 59.2 Å². The lowest BCUT2D eigenvalue weighted by Gasteiger charge is -2.34. The van der Waals surface area contributed by atoms with Gasteiger partial charge in [-0.15, -0.1) is 12.4 Å². The molecule has 0 radical (unpaired) electrons. The third kappa shape index (κ3) is 4.16. The fourth-order valence-corrected chi connectivity index (χ4v) is 3.47. The zero-order valence-electron chi connectivity index (χ0n) is 16.4. The van der Waals surface area contributed by atoms with E-state index in [0.29, 0.717) is 30.3 Å². The van der Waals surface area contributed by atoms with E-state index in [1.807, 2.05) is 31.2 Å². The Morgan fingerprint density at radius 3 is 2.77 bits per heavy atom. The molecule has 4 rings (SSSR count). The summed E-state index contributed by atoms with van der Waals surface area (Å²) in [6.45, 7) is 2.99. The maximum absolute atomic E-state index is 12.8. The number of nitrogens with zero attached hydrogens (tertiary/aromatic N) is 2. The number of nitrogens with one attached hydrogen (secondary N) is 1. The van der Waals surface area contributed by atoms with Gasteiger partial charge in [-0.3, -0.25) is 14.6 Å². The van der Waals surface area contributed by atoms with E-state index in [4.69, 9.17) is 10.5 Å². The third-order valence-corrected chi connectivity index (χ3v) is 5.09. The molecule has 0 spiro atoms. The van der Waals surface area contributed by atoms with E-state index < -0.39 is 24.0 Å². The van der Waals surface area contributed by atoms with Crippen LogP contribution in [0.25, 0.3) is 0 Å². The molecule has 0 bridgehead atoms. The number of hydrogen-bond donors (Lipinski definition) is 3. The summed E-state index contributed by atoms with van der Waals surface area (Å²) in [5.41, 5.74) is 9.80. The summed E-state index contributed by atoms with van der Waals surface area (Å²) in [6, 6.07) is 12.7. The number of rotatable bonds is 4. The zero-order valence-corrected chi connectivity index (χ0v) is 17.2. The van der Waals surface area contributed by atoms with Gasteiger partial charge in [0.1, 0.15) is 5.84 Å². The first-order chi connectivity index (χ1) is 13.9. The number of nitrogens with two attached hydrogens (primary N) is 1. The van der Waals surface area contributed by atoms with Gasteiger partial charge in [-0.05, 0) is 42.8 Å². The minimum atomic E-state index is -1.63. The highest BCUT2D eigenvalue weighted by Gasteiger charge is 2.39. The minimum Gasteiger partial charge on any atom is -0.383 e. The van der Waals surface area contributed by atoms with E-state index in [2.05, 4.69) is 10.3 Å². The fourth-order valence-electron chi connectivity index (χ4n) is 3.47. The first-order valence-corrected chi connectivity index (χ1v) is 9.36. The average Bonchev–Trinajstić information content (AvgIpc) is 3.08. The van der Waals surface area contributed by atoms with E-state index in [1.165, 1.54) is 4.90 Å². The second-order valence-electron chi connectivity index (χ2n) is 7.12. The molecule has 4 N–H and O–H groups in total. The molecule has 9 heteroatoms. The van der Waals surface area contributed by atoms with Crippen molar-refractivity contribution in [3.8, 4) is 0 Å². The Bertz CT molecular complexity index is 993. The van der Waals surface area contributed by atoms with E-state index in [0.717, 1.165) is 16.7 Å². The number of amides is 2. The second kappa shape index (κ2) is 8.83. The number of fused-ring (bicyclic) bond motifs is 1. The number of hydrogen-bond acceptors (Lipinski definition) is 6. The standard InChI is InChI=1S/C21H22N4O4.ClH/c1-12-2-5-15(6-3-12)25-8-9-29-18(21(25)28)17(26)20(27)24-14-4-7-16-13(10-14)11-23-19(16)22;/h2-7,10,17-18,26H,8-9,11H2,1H3,(H2,22,23)(H,24,27);1H/t17-,18-;/m1./s1. The van der Waals surface area contributed by atoms with Gasteiger partial charge in [-0.25, -0.2) is 0 Å². The Hall–Kier alpha value is -2.94. The van der Waals surface area contributed by atoms with Gasteiger partial charge >= 0.3 is 0 Å². The van der Waals surface area contributed by atoms with Crippen molar-refractivity contribution >= 4 is 41.4 Å². The van der Waals surface area contributed by atoms with Gasteiger partial charge in [-0.2, -0.15) is 0 Å². The molecule has 2 amide bonds. The predicted octanol–water partition coefficient (Wildman–Crippen LogP) is 1.37. The molecule has 0 unspecified atom stereocenters. The lowest BCUT2D eigenvalue weighted by Crippen LogP contribution is -2.55. The maximum atomic E-state index is 12.8. The first kappa shape index (κ1) is 21.8. The lowest BCUT2D eigenvalue weighted by molar-refractivity contribution is -0.150. The largest absolute Gasteiger partial charge is 0.383 e. The van der Waals surface area contributed by atoms with Crippen molar-refractivity contribution in [2.45, 2.75) is 25.7 Å². The van der Waals surface area contributed by atoms with Crippen LogP contribution in [-0.4, -0.2) is 48.1 Å². The Morgan fingerprint density at radius 2 is 2.03 bits per heavy atom. The molecular formula is C21H23ClN4O4. The predicted molar refractivity (Wildman–Crippen MR) is 116 cm³/mol. The molecule has 158 valence electrons. The highest BCUT2D eigenvalue weighted by molar-refractivity contribution is 6.04. The Morgan fingerprint density at radius 1 is 1.30 bits per heavy atom. The van der Waals surface area contributed by atoms with Crippen LogP contribution < -0.4 is 16.0 Å². The highest BCUT2D eigenvalue weighted by atomic mass is 35.5. The van der Waals surface area contributed by atoms with Crippen LogP contribution in [0.2, 0.25) is 0 Å². The van der Waals surface area contributed by atoms with Crippen LogP contribution in [0.4, 0.5) is 11.4 Å². The van der Waals surface area contributed by atoms with Crippen LogP contribution in [0.3, 0.4) is 0 Å². The molecule has 8 nitrogen and oxygen atoms in total. The van der Waals surface area contributed by atoms with Gasteiger partial charge in [0.25, 0.3) is 11.8 Å². The minimum absolute atomic E-state index is 0. The smallest absolute Gasteiger partial charge is 0.259 e. The first-order valence-electron chi connectivity index (χ1n) is 9.36. The molecule has 0 aliphatic carbocycles. The summed E-state index contributed by atoms with van der Waals surface area (Å²) < 4.78 is 5.44. The van der Waals surface area contributed by atoms with E-state index in [9.17, 15) is 14.7 Å². The van der Waals surface area contributed by atoms with Crippen LogP contribution in [0.15, 0.2) is 47.5 Å². The van der Waals surface area contributed by atoms with E-state index in [-0.39, 0.29) is 19.0 Å². The number of carbonyl (C=O) groups is 2. The molecule has 30 heavy (non-hydrogen) atoms. The third-order valence-electron chi connectivity index (χ3n) is 5.09. The van der Waals surface area contributed by atoms with Crippen molar-refractivity contribution in [2.75, 3.05) is 23.4 Å². The van der Waals surface area contributed by atoms with Crippen molar-refractivity contribution in [3.63, 3.8) is 0 Å². The lowest BCUT2D eigenvalue weighted by atomic mass is 10.1. The molecule has 0 saturated carbocycles. The summed E-state index contributed by atoms with van der Waals surface area (Å²) in [6.07, 6.45) is -2.90. The number of morpholine rings is 1. The average molecular weight is 431 g/mol. The number of aliphatic imine (C=N–C) groups is 1. The van der Waals surface area contributed by atoms with Gasteiger partial charge < -0.3 is 25.8 Å². The topological polar surface area (TPSA) is 117 Å². The summed E-state index contributed by atoms with van der Waals surface area (Å²) in [7, 11) is 0. The summed E-state index contributed by atoms with van der Waals surface area (Å²) in [5.74, 6) is -0.686. The number of halogens is 1. The van der Waals surface area contributed by atoms with Crippen LogP contribution in [0, 0.1) is 6.92 Å². The monoisotopic (exact) mass is 430 g/mol. The summed E-state index contributed by atoms with van der Waals surface area (Å²) in [4.78, 5) is 31.0. The van der Waals surface area contributed by atoms with E-state index >= 15 is 0 Å². The van der Waals surface area contributed by atoms with Crippen molar-refractivity contribution < 1.29 is 19.4 Å². The Labute approximate surface area is 180 Å². The van der Waals surface area contributed by atoms with Gasteiger partial charge in [0, 0.05) is 23.5 Å². The molecule has 2 aromatic rings. The molecule has 2 atom stereocenters. The Kier molecular flexibility index (Phi) is 6.40. The zero-order chi connectivity index (χ0) is 20.5. The normalized spacial score (nSPS) is 18.9. The molecule has 2 aliphatic rings. The number of anilines is 2. The number of aliphatic hydroxyl groups is 1. The van der Waals surface area contributed by atoms with Crippen LogP contribution in [0.5, 0.6) is 0 Å². The molecule has 1 fully saturated rings. The number of ether oxygens (including phenoxy) is 1. The second-order valence-corrected chi connectivity index (χ2v) is 7.12. The molecule has 1 saturated heterocycles.